The van der Waals surface area contributed by atoms with Crippen molar-refractivity contribution in [1.82, 2.24) is 14.5 Å². The van der Waals surface area contributed by atoms with Gasteiger partial charge < -0.3 is 9.88 Å². The molecule has 2 heterocycles. The Kier molecular flexibility index (Phi) is 5.58. The maximum Gasteiger partial charge on any atom is 0.238 e. The number of imidazole rings is 1. The van der Waals surface area contributed by atoms with Gasteiger partial charge in [0.25, 0.3) is 0 Å². The van der Waals surface area contributed by atoms with Crippen LogP contribution in [0.25, 0.3) is 11.0 Å². The Morgan fingerprint density at radius 2 is 1.89 bits per heavy atom. The summed E-state index contributed by atoms with van der Waals surface area (Å²) in [4.78, 5) is 19.2. The number of nitrogens with zero attached hydrogens (tertiary/aromatic N) is 3. The fourth-order valence-electron chi connectivity index (χ4n) is 3.94. The molecule has 0 bridgehead atoms. The summed E-state index contributed by atoms with van der Waals surface area (Å²) in [5.41, 5.74) is 2.90. The number of nitrogens with one attached hydrogen (secondary N) is 1. The van der Waals surface area contributed by atoms with Crippen LogP contribution in [0.1, 0.15) is 24.7 Å². The van der Waals surface area contributed by atoms with Crippen LogP contribution in [0.2, 0.25) is 10.0 Å². The van der Waals surface area contributed by atoms with Gasteiger partial charge in [0.1, 0.15) is 5.82 Å². The van der Waals surface area contributed by atoms with E-state index in [1.807, 2.05) is 6.07 Å². The SMILES string of the molecule is Cc1nc2ccccc2n1C1CCN(CC(=O)Nc2ccc(Cl)c(Cl)c2)CC1. The molecule has 0 saturated carbocycles. The van der Waals surface area contributed by atoms with E-state index in [4.69, 9.17) is 23.2 Å². The van der Waals surface area contributed by atoms with Gasteiger partial charge in [-0.25, -0.2) is 4.98 Å². The molecule has 5 nitrogen and oxygen atoms in total. The molecule has 1 N–H and O–H groups in total. The van der Waals surface area contributed by atoms with Crippen LogP contribution in [0, 0.1) is 6.92 Å². The number of hydrogen-bond donors (Lipinski definition) is 1. The van der Waals surface area contributed by atoms with Crippen LogP contribution in [0.5, 0.6) is 0 Å². The molecule has 1 aliphatic heterocycles. The number of aryl methyl sites for hydroxylation is 1. The third-order valence-electron chi connectivity index (χ3n) is 5.26. The van der Waals surface area contributed by atoms with E-state index in [2.05, 4.69) is 44.9 Å². The summed E-state index contributed by atoms with van der Waals surface area (Å²) >= 11 is 11.9. The van der Waals surface area contributed by atoms with E-state index in [-0.39, 0.29) is 5.91 Å². The first-order valence-corrected chi connectivity index (χ1v) is 10.2. The summed E-state index contributed by atoms with van der Waals surface area (Å²) in [5.74, 6) is 1.01. The Labute approximate surface area is 174 Å². The second-order valence-corrected chi connectivity index (χ2v) is 8.02. The summed E-state index contributed by atoms with van der Waals surface area (Å²) < 4.78 is 2.35. The van der Waals surface area contributed by atoms with Gasteiger partial charge in [-0.05, 0) is 50.1 Å². The van der Waals surface area contributed by atoms with Crippen molar-refractivity contribution in [2.24, 2.45) is 0 Å². The number of carbonyl (C=O) groups excluding carboxylic acids is 1. The first kappa shape index (κ1) is 19.2. The minimum atomic E-state index is -0.0406. The van der Waals surface area contributed by atoms with E-state index in [9.17, 15) is 4.79 Å². The molecule has 1 amide bonds. The number of benzene rings is 2. The molecule has 28 heavy (non-hydrogen) atoms. The van der Waals surface area contributed by atoms with E-state index in [0.717, 1.165) is 37.3 Å². The van der Waals surface area contributed by atoms with Crippen LogP contribution in [-0.4, -0.2) is 40.0 Å². The molecular weight excluding hydrogens is 395 g/mol. The molecule has 3 aromatic rings. The predicted molar refractivity (Wildman–Crippen MR) is 114 cm³/mol. The lowest BCUT2D eigenvalue weighted by Crippen LogP contribution is -2.39. The van der Waals surface area contributed by atoms with Crippen LogP contribution in [0.15, 0.2) is 42.5 Å². The Balaban J connectivity index is 1.35. The van der Waals surface area contributed by atoms with Crippen molar-refractivity contribution < 1.29 is 4.79 Å². The second-order valence-electron chi connectivity index (χ2n) is 7.20. The topological polar surface area (TPSA) is 50.2 Å². The number of halogens is 2. The van der Waals surface area contributed by atoms with Crippen molar-refractivity contribution in [2.75, 3.05) is 25.0 Å². The van der Waals surface area contributed by atoms with Gasteiger partial charge in [-0.15, -0.1) is 0 Å². The number of para-hydroxylation sites is 2. The maximum absolute atomic E-state index is 12.4. The van der Waals surface area contributed by atoms with Gasteiger partial charge in [0.15, 0.2) is 0 Å². The van der Waals surface area contributed by atoms with Gasteiger partial charge in [-0.2, -0.15) is 0 Å². The largest absolute Gasteiger partial charge is 0.325 e. The first-order chi connectivity index (χ1) is 13.5. The van der Waals surface area contributed by atoms with Gasteiger partial charge >= 0.3 is 0 Å². The van der Waals surface area contributed by atoms with Crippen molar-refractivity contribution in [2.45, 2.75) is 25.8 Å². The van der Waals surface area contributed by atoms with Crippen LogP contribution in [0.3, 0.4) is 0 Å². The Morgan fingerprint density at radius 3 is 2.64 bits per heavy atom. The number of piperidine rings is 1. The highest BCUT2D eigenvalue weighted by atomic mass is 35.5. The highest BCUT2D eigenvalue weighted by Crippen LogP contribution is 2.29. The first-order valence-electron chi connectivity index (χ1n) is 9.42. The summed E-state index contributed by atoms with van der Waals surface area (Å²) in [7, 11) is 0. The van der Waals surface area contributed by atoms with Crippen molar-refractivity contribution in [3.8, 4) is 0 Å². The molecule has 2 aromatic carbocycles. The van der Waals surface area contributed by atoms with E-state index in [1.54, 1.807) is 18.2 Å². The molecule has 1 saturated heterocycles. The molecule has 0 atom stereocenters. The molecule has 0 spiro atoms. The number of anilines is 1. The molecule has 4 rings (SSSR count). The minimum Gasteiger partial charge on any atom is -0.325 e. The van der Waals surface area contributed by atoms with E-state index in [1.165, 1.54) is 5.52 Å². The summed E-state index contributed by atoms with van der Waals surface area (Å²) in [6.45, 7) is 4.20. The van der Waals surface area contributed by atoms with Gasteiger partial charge in [0, 0.05) is 24.8 Å². The van der Waals surface area contributed by atoms with Crippen LogP contribution in [-0.2, 0) is 4.79 Å². The van der Waals surface area contributed by atoms with E-state index in [0.29, 0.717) is 28.3 Å². The molecule has 1 aromatic heterocycles. The Morgan fingerprint density at radius 1 is 1.14 bits per heavy atom. The van der Waals surface area contributed by atoms with Gasteiger partial charge in [0.05, 0.1) is 27.6 Å². The average Bonchev–Trinajstić information content (AvgIpc) is 3.01. The van der Waals surface area contributed by atoms with Crippen molar-refractivity contribution in [3.63, 3.8) is 0 Å². The quantitative estimate of drug-likeness (QED) is 0.655. The summed E-state index contributed by atoms with van der Waals surface area (Å²) in [6.07, 6.45) is 2.00. The van der Waals surface area contributed by atoms with Crippen molar-refractivity contribution in [3.05, 3.63) is 58.3 Å². The standard InChI is InChI=1S/C21H22Cl2N4O/c1-14-24-19-4-2-3-5-20(19)27(14)16-8-10-26(11-9-16)13-21(28)25-15-6-7-17(22)18(23)12-15/h2-7,12,16H,8-11,13H2,1H3,(H,25,28). The third kappa shape index (κ3) is 4.02. The monoisotopic (exact) mass is 416 g/mol. The van der Waals surface area contributed by atoms with Gasteiger partial charge in [-0.1, -0.05) is 35.3 Å². The average molecular weight is 417 g/mol. The highest BCUT2D eigenvalue weighted by Gasteiger charge is 2.24. The van der Waals surface area contributed by atoms with Crippen LogP contribution < -0.4 is 5.32 Å². The number of rotatable bonds is 4. The van der Waals surface area contributed by atoms with Gasteiger partial charge in [-0.3, -0.25) is 9.69 Å². The lowest BCUT2D eigenvalue weighted by Gasteiger charge is -2.33. The number of carbonyl (C=O) groups is 1. The molecule has 0 unspecified atom stereocenters. The maximum atomic E-state index is 12.4. The van der Waals surface area contributed by atoms with Gasteiger partial charge in [0.2, 0.25) is 5.91 Å². The molecular formula is C21H22Cl2N4O. The smallest absolute Gasteiger partial charge is 0.238 e. The Hall–Kier alpha value is -2.08. The molecule has 0 radical (unpaired) electrons. The molecule has 1 aliphatic rings. The molecule has 146 valence electrons. The summed E-state index contributed by atoms with van der Waals surface area (Å²) in [6, 6.07) is 13.8. The minimum absolute atomic E-state index is 0.0406. The van der Waals surface area contributed by atoms with Crippen LogP contribution in [0.4, 0.5) is 5.69 Å². The number of likely N-dealkylation sites (tertiary alicyclic amines) is 1. The van der Waals surface area contributed by atoms with E-state index < -0.39 is 0 Å². The zero-order valence-electron chi connectivity index (χ0n) is 15.7. The number of aromatic nitrogens is 2. The van der Waals surface area contributed by atoms with E-state index >= 15 is 0 Å². The van der Waals surface area contributed by atoms with Crippen molar-refractivity contribution >= 4 is 45.8 Å². The zero-order valence-corrected chi connectivity index (χ0v) is 17.2. The Bertz CT molecular complexity index is 1010. The van der Waals surface area contributed by atoms with Crippen molar-refractivity contribution in [1.29, 1.82) is 0 Å². The number of hydrogen-bond acceptors (Lipinski definition) is 3. The fourth-order valence-corrected chi connectivity index (χ4v) is 4.24. The molecule has 0 aliphatic carbocycles. The lowest BCUT2D eigenvalue weighted by molar-refractivity contribution is -0.117. The predicted octanol–water partition coefficient (Wildman–Crippen LogP) is 4.93. The molecule has 7 heteroatoms. The third-order valence-corrected chi connectivity index (χ3v) is 6.00. The zero-order chi connectivity index (χ0) is 19.7. The highest BCUT2D eigenvalue weighted by molar-refractivity contribution is 6.42. The number of fused-ring (bicyclic) bond motifs is 1. The number of amides is 1. The second kappa shape index (κ2) is 8.11. The summed E-state index contributed by atoms with van der Waals surface area (Å²) in [5, 5.41) is 3.80. The normalized spacial score (nSPS) is 15.8. The lowest BCUT2D eigenvalue weighted by atomic mass is 10.0. The fraction of sp³-hybridized carbons (Fsp3) is 0.333. The van der Waals surface area contributed by atoms with Crippen LogP contribution >= 0.6 is 23.2 Å². The molecule has 1 fully saturated rings.